The van der Waals surface area contributed by atoms with Crippen LogP contribution in [0.4, 0.5) is 0 Å². The maximum Gasteiger partial charge on any atom is 0.0972 e. The Labute approximate surface area is 322 Å². The number of benzene rings is 6. The van der Waals surface area contributed by atoms with E-state index in [1.54, 1.807) is 0 Å². The highest BCUT2D eigenvalue weighted by molar-refractivity contribution is 6.04. The zero-order valence-corrected chi connectivity index (χ0v) is 30.1. The summed E-state index contributed by atoms with van der Waals surface area (Å²) in [5.41, 5.74) is 14.7. The number of hydrogen-bond acceptors (Lipinski definition) is 5. The summed E-state index contributed by atoms with van der Waals surface area (Å²) in [6, 6.07) is 63.2. The molecule has 0 fully saturated rings. The minimum atomic E-state index is 0.903. The Morgan fingerprint density at radius 2 is 0.750 bits per heavy atom. The Kier molecular flexibility index (Phi) is 7.42. The van der Waals surface area contributed by atoms with Gasteiger partial charge in [0.15, 0.2) is 0 Å². The highest BCUT2D eigenvalue weighted by Gasteiger charge is 2.12. The summed E-state index contributed by atoms with van der Waals surface area (Å²) in [6.45, 7) is 0. The fraction of sp³-hybridized carbons (Fsp3) is 0. The second kappa shape index (κ2) is 13.0. The van der Waals surface area contributed by atoms with Gasteiger partial charge >= 0.3 is 0 Å². The molecule has 11 rings (SSSR count). The number of rotatable bonds is 5. The van der Waals surface area contributed by atoms with Crippen molar-refractivity contribution < 1.29 is 0 Å². The summed E-state index contributed by atoms with van der Waals surface area (Å²) < 4.78 is 0. The molecule has 0 spiro atoms. The topological polar surface area (TPSA) is 64.5 Å². The van der Waals surface area contributed by atoms with Crippen LogP contribution in [0.3, 0.4) is 0 Å². The molecule has 0 aliphatic heterocycles. The minimum Gasteiger partial charge on any atom is -0.256 e. The highest BCUT2D eigenvalue weighted by atomic mass is 14.8. The number of para-hydroxylation sites is 1. The second-order valence-electron chi connectivity index (χ2n) is 14.1. The van der Waals surface area contributed by atoms with E-state index in [0.29, 0.717) is 0 Å². The average Bonchev–Trinajstić information content (AvgIpc) is 3.28. The van der Waals surface area contributed by atoms with E-state index in [-0.39, 0.29) is 0 Å². The van der Waals surface area contributed by atoms with E-state index in [1.807, 2.05) is 30.5 Å². The normalized spacial score (nSPS) is 11.6. The molecule has 260 valence electrons. The predicted molar refractivity (Wildman–Crippen MR) is 230 cm³/mol. The predicted octanol–water partition coefficient (Wildman–Crippen LogP) is 12.8. The van der Waals surface area contributed by atoms with E-state index in [0.717, 1.165) is 111 Å². The van der Waals surface area contributed by atoms with Crippen LogP contribution < -0.4 is 0 Å². The van der Waals surface area contributed by atoms with Gasteiger partial charge in [-0.1, -0.05) is 140 Å². The first-order valence-electron chi connectivity index (χ1n) is 18.7. The lowest BCUT2D eigenvalue weighted by Crippen LogP contribution is -1.91. The second-order valence-corrected chi connectivity index (χ2v) is 14.1. The molecule has 0 amide bonds. The highest BCUT2D eigenvalue weighted by Crippen LogP contribution is 2.33. The lowest BCUT2D eigenvalue weighted by atomic mass is 10.00. The summed E-state index contributed by atoms with van der Waals surface area (Å²) in [6.07, 6.45) is 1.83. The third kappa shape index (κ3) is 5.62. The van der Waals surface area contributed by atoms with E-state index in [4.69, 9.17) is 19.9 Å². The van der Waals surface area contributed by atoms with Crippen LogP contribution >= 0.6 is 0 Å². The average molecular weight is 714 g/mol. The molecule has 11 aromatic rings. The van der Waals surface area contributed by atoms with Crippen LogP contribution in [0.1, 0.15) is 0 Å². The van der Waals surface area contributed by atoms with Crippen molar-refractivity contribution in [2.45, 2.75) is 0 Å². The van der Waals surface area contributed by atoms with Crippen LogP contribution in [0.5, 0.6) is 0 Å². The number of hydrogen-bond donors (Lipinski definition) is 0. The van der Waals surface area contributed by atoms with Crippen molar-refractivity contribution in [1.82, 2.24) is 24.9 Å². The van der Waals surface area contributed by atoms with Gasteiger partial charge in [-0.05, 0) is 53.6 Å². The van der Waals surface area contributed by atoms with Crippen molar-refractivity contribution in [1.29, 1.82) is 0 Å². The summed E-state index contributed by atoms with van der Waals surface area (Å²) >= 11 is 0. The zero-order chi connectivity index (χ0) is 37.0. The molecular formula is C51H31N5. The lowest BCUT2D eigenvalue weighted by molar-refractivity contribution is 1.36. The van der Waals surface area contributed by atoms with Crippen LogP contribution in [-0.4, -0.2) is 24.9 Å². The van der Waals surface area contributed by atoms with Gasteiger partial charge in [-0.2, -0.15) is 0 Å². The first kappa shape index (κ1) is 31.9. The van der Waals surface area contributed by atoms with E-state index in [2.05, 4.69) is 163 Å². The van der Waals surface area contributed by atoms with Gasteiger partial charge in [-0.15, -0.1) is 0 Å². The summed E-state index contributed by atoms with van der Waals surface area (Å²) in [4.78, 5) is 25.1. The Hall–Kier alpha value is -7.63. The molecule has 5 aromatic heterocycles. The van der Waals surface area contributed by atoms with Gasteiger partial charge in [0.2, 0.25) is 0 Å². The third-order valence-corrected chi connectivity index (χ3v) is 10.7. The molecule has 0 aliphatic carbocycles. The number of aromatic nitrogens is 5. The van der Waals surface area contributed by atoms with E-state index >= 15 is 0 Å². The summed E-state index contributed by atoms with van der Waals surface area (Å²) in [5, 5.41) is 5.42. The Morgan fingerprint density at radius 1 is 0.268 bits per heavy atom. The third-order valence-electron chi connectivity index (χ3n) is 10.7. The van der Waals surface area contributed by atoms with Gasteiger partial charge in [-0.25, -0.2) is 19.9 Å². The molecule has 5 heteroatoms. The van der Waals surface area contributed by atoms with Gasteiger partial charge < -0.3 is 0 Å². The van der Waals surface area contributed by atoms with Crippen molar-refractivity contribution in [3.63, 3.8) is 0 Å². The van der Waals surface area contributed by atoms with Crippen LogP contribution in [0.15, 0.2) is 188 Å². The Balaban J connectivity index is 0.906. The first-order valence-corrected chi connectivity index (χ1v) is 18.7. The smallest absolute Gasteiger partial charge is 0.0972 e. The fourth-order valence-corrected chi connectivity index (χ4v) is 7.73. The number of nitrogens with zero attached hydrogens (tertiary/aromatic N) is 5. The first-order chi connectivity index (χ1) is 27.7. The maximum absolute atomic E-state index is 5.16. The molecule has 0 N–H and O–H groups in total. The van der Waals surface area contributed by atoms with Crippen LogP contribution in [0.2, 0.25) is 0 Å². The molecule has 0 saturated heterocycles. The van der Waals surface area contributed by atoms with Crippen LogP contribution in [-0.2, 0) is 0 Å². The van der Waals surface area contributed by atoms with Crippen molar-refractivity contribution >= 4 is 54.5 Å². The molecule has 0 saturated carbocycles. The standard InChI is InChI=1S/C51H31N5/c1-2-6-33(7-3-1)43-26-23-38-17-18-39-24-27-44(56-51(39)50(38)55-43)34-13-11-32(12-14-34)40-19-15-35-21-25-45(53-47(35)30-40)41-20-16-36-22-28-46(54-48(36)31-41)42-10-4-8-37-9-5-29-52-49(37)42/h1-31H. The van der Waals surface area contributed by atoms with Crippen molar-refractivity contribution in [3.05, 3.63) is 188 Å². The fourth-order valence-electron chi connectivity index (χ4n) is 7.73. The summed E-state index contributed by atoms with van der Waals surface area (Å²) in [7, 11) is 0. The SMILES string of the molecule is c1ccc(-c2ccc3ccc4ccc(-c5ccc(-c6ccc7ccc(-c8ccc9ccc(-c%10cccc%11cccnc%10%11)nc9c8)nc7c6)cc5)nc4c3n2)cc1. The van der Waals surface area contributed by atoms with E-state index in [1.165, 1.54) is 0 Å². The van der Waals surface area contributed by atoms with Gasteiger partial charge in [0.05, 0.1) is 50.4 Å². The monoisotopic (exact) mass is 713 g/mol. The van der Waals surface area contributed by atoms with Gasteiger partial charge in [0, 0.05) is 55.4 Å². The van der Waals surface area contributed by atoms with Crippen molar-refractivity contribution in [3.8, 4) is 56.2 Å². The van der Waals surface area contributed by atoms with E-state index in [9.17, 15) is 0 Å². The van der Waals surface area contributed by atoms with Gasteiger partial charge in [-0.3, -0.25) is 4.98 Å². The molecule has 0 aliphatic rings. The molecule has 0 bridgehead atoms. The number of fused-ring (bicyclic) bond motifs is 6. The molecule has 6 aromatic carbocycles. The van der Waals surface area contributed by atoms with Gasteiger partial charge in [0.1, 0.15) is 0 Å². The Bertz CT molecular complexity index is 3300. The summed E-state index contributed by atoms with van der Waals surface area (Å²) in [5.74, 6) is 0. The lowest BCUT2D eigenvalue weighted by Gasteiger charge is -2.10. The van der Waals surface area contributed by atoms with Crippen LogP contribution in [0.25, 0.3) is 111 Å². The molecule has 0 radical (unpaired) electrons. The van der Waals surface area contributed by atoms with Crippen molar-refractivity contribution in [2.24, 2.45) is 0 Å². The molecule has 5 heterocycles. The van der Waals surface area contributed by atoms with Gasteiger partial charge in [0.25, 0.3) is 0 Å². The van der Waals surface area contributed by atoms with Crippen LogP contribution in [0, 0.1) is 0 Å². The zero-order valence-electron chi connectivity index (χ0n) is 30.1. The molecule has 5 nitrogen and oxygen atoms in total. The largest absolute Gasteiger partial charge is 0.256 e. The molecular weight excluding hydrogens is 683 g/mol. The molecule has 56 heavy (non-hydrogen) atoms. The molecule has 0 atom stereocenters. The number of pyridine rings is 5. The van der Waals surface area contributed by atoms with E-state index < -0.39 is 0 Å². The Morgan fingerprint density at radius 3 is 1.46 bits per heavy atom. The molecule has 0 unspecified atom stereocenters. The quantitative estimate of drug-likeness (QED) is 0.166. The minimum absolute atomic E-state index is 0.903. The van der Waals surface area contributed by atoms with Crippen molar-refractivity contribution in [2.75, 3.05) is 0 Å². The maximum atomic E-state index is 5.16.